The fraction of sp³-hybridized carbons (Fsp3) is 0.0741. The van der Waals surface area contributed by atoms with E-state index in [1.807, 2.05) is 72.8 Å². The Hall–Kier alpha value is -4.89. The second kappa shape index (κ2) is 8.40. The molecule has 3 heterocycles. The predicted octanol–water partition coefficient (Wildman–Crippen LogP) is 3.26. The van der Waals surface area contributed by atoms with Gasteiger partial charge in [0.1, 0.15) is 17.9 Å². The molecule has 1 aromatic heterocycles. The topological polar surface area (TPSA) is 98.1 Å². The highest BCUT2D eigenvalue weighted by atomic mass is 16.4. The van der Waals surface area contributed by atoms with Crippen LogP contribution in [0.25, 0.3) is 11.0 Å². The lowest BCUT2D eigenvalue weighted by atomic mass is 9.81. The fourth-order valence-corrected chi connectivity index (χ4v) is 4.74. The maximum absolute atomic E-state index is 13.5. The summed E-state index contributed by atoms with van der Waals surface area (Å²) in [5.41, 5.74) is 3.30. The molecule has 0 aliphatic carbocycles. The number of nitrogens with one attached hydrogen (secondary N) is 2. The Bertz CT molecular complexity index is 1510. The van der Waals surface area contributed by atoms with E-state index < -0.39 is 23.1 Å². The van der Waals surface area contributed by atoms with Gasteiger partial charge in [0, 0.05) is 17.8 Å². The highest BCUT2D eigenvalue weighted by Crippen LogP contribution is 2.40. The third-order valence-electron chi connectivity index (χ3n) is 6.39. The molecule has 2 aliphatic rings. The quantitative estimate of drug-likeness (QED) is 0.335. The van der Waals surface area contributed by atoms with E-state index in [4.69, 9.17) is 4.42 Å². The van der Waals surface area contributed by atoms with Gasteiger partial charge in [0.05, 0.1) is 0 Å². The number of carbonyl (C=O) groups is 2. The van der Waals surface area contributed by atoms with Gasteiger partial charge in [-0.25, -0.2) is 9.59 Å². The van der Waals surface area contributed by atoms with Crippen molar-refractivity contribution in [2.75, 3.05) is 11.7 Å². The van der Waals surface area contributed by atoms with Crippen molar-refractivity contribution in [2.24, 2.45) is 0 Å². The normalized spacial score (nSPS) is 16.7. The molecule has 1 fully saturated rings. The molecule has 1 saturated heterocycles. The maximum Gasteiger partial charge on any atom is 0.361 e. The van der Waals surface area contributed by atoms with Crippen molar-refractivity contribution in [3.05, 3.63) is 125 Å². The lowest BCUT2D eigenvalue weighted by Gasteiger charge is -2.38. The van der Waals surface area contributed by atoms with E-state index in [1.54, 1.807) is 35.6 Å². The minimum Gasteiger partial charge on any atom is -0.421 e. The summed E-state index contributed by atoms with van der Waals surface area (Å²) in [6.45, 7) is 0.00722. The zero-order valence-corrected chi connectivity index (χ0v) is 19.0. The zero-order chi connectivity index (χ0) is 24.7. The first kappa shape index (κ1) is 21.6. The van der Waals surface area contributed by atoms with Gasteiger partial charge in [0.25, 0.3) is 5.91 Å². The SMILES string of the molecule is O=C1NC(=O)C(c2ccccc2)(c2ccccc2)N1CN1C=CN(c2cc3ccccc3oc2=O)N1. The van der Waals surface area contributed by atoms with Crippen molar-refractivity contribution in [3.8, 4) is 0 Å². The first-order valence-corrected chi connectivity index (χ1v) is 11.3. The molecule has 9 heteroatoms. The van der Waals surface area contributed by atoms with Crippen LogP contribution in [0.1, 0.15) is 11.1 Å². The highest BCUT2D eigenvalue weighted by Gasteiger charge is 2.56. The molecule has 6 rings (SSSR count). The predicted molar refractivity (Wildman–Crippen MR) is 133 cm³/mol. The lowest BCUT2D eigenvalue weighted by Crippen LogP contribution is -2.54. The number of fused-ring (bicyclic) bond motifs is 1. The Morgan fingerprint density at radius 3 is 2.11 bits per heavy atom. The second-order valence-electron chi connectivity index (χ2n) is 8.47. The Morgan fingerprint density at radius 1 is 0.778 bits per heavy atom. The molecule has 0 bridgehead atoms. The van der Waals surface area contributed by atoms with Crippen LogP contribution < -0.4 is 21.5 Å². The number of imide groups is 1. The summed E-state index contributed by atoms with van der Waals surface area (Å²) in [4.78, 5) is 40.7. The Morgan fingerprint density at radius 2 is 1.42 bits per heavy atom. The van der Waals surface area contributed by atoms with Gasteiger partial charge in [-0.1, -0.05) is 78.9 Å². The van der Waals surface area contributed by atoms with Gasteiger partial charge in [0.15, 0.2) is 5.54 Å². The number of hydrogen-bond acceptors (Lipinski definition) is 7. The molecule has 0 atom stereocenters. The van der Waals surface area contributed by atoms with Gasteiger partial charge in [-0.2, -0.15) is 0 Å². The molecule has 3 amide bonds. The summed E-state index contributed by atoms with van der Waals surface area (Å²) in [5, 5.41) is 6.40. The van der Waals surface area contributed by atoms with Crippen LogP contribution in [0.5, 0.6) is 0 Å². The van der Waals surface area contributed by atoms with E-state index in [0.29, 0.717) is 16.7 Å². The van der Waals surface area contributed by atoms with Crippen molar-refractivity contribution in [3.63, 3.8) is 0 Å². The number of rotatable bonds is 5. The number of carbonyl (C=O) groups excluding carboxylic acids is 2. The number of hydrogen-bond donors (Lipinski definition) is 2. The van der Waals surface area contributed by atoms with E-state index >= 15 is 0 Å². The van der Waals surface area contributed by atoms with E-state index in [0.717, 1.165) is 5.39 Å². The molecular weight excluding hydrogens is 458 g/mol. The smallest absolute Gasteiger partial charge is 0.361 e. The van der Waals surface area contributed by atoms with Crippen LogP contribution in [0, 0.1) is 0 Å². The summed E-state index contributed by atoms with van der Waals surface area (Å²) < 4.78 is 5.44. The summed E-state index contributed by atoms with van der Waals surface area (Å²) in [6.07, 6.45) is 3.34. The van der Waals surface area contributed by atoms with Crippen molar-refractivity contribution in [1.82, 2.24) is 20.8 Å². The number of nitrogens with zero attached hydrogens (tertiary/aromatic N) is 3. The average Bonchev–Trinajstić information content (AvgIpc) is 3.47. The molecule has 0 saturated carbocycles. The van der Waals surface area contributed by atoms with Gasteiger partial charge in [-0.3, -0.25) is 25.0 Å². The van der Waals surface area contributed by atoms with Crippen molar-refractivity contribution in [2.45, 2.75) is 5.54 Å². The number of hydrazine groups is 2. The fourth-order valence-electron chi connectivity index (χ4n) is 4.74. The molecule has 4 aromatic rings. The first-order chi connectivity index (χ1) is 17.6. The summed E-state index contributed by atoms with van der Waals surface area (Å²) in [7, 11) is 0. The van der Waals surface area contributed by atoms with Crippen LogP contribution in [-0.4, -0.2) is 28.5 Å². The lowest BCUT2D eigenvalue weighted by molar-refractivity contribution is -0.125. The summed E-state index contributed by atoms with van der Waals surface area (Å²) in [5.74, 6) is -0.430. The van der Waals surface area contributed by atoms with Gasteiger partial charge < -0.3 is 4.42 Å². The van der Waals surface area contributed by atoms with Gasteiger partial charge in [-0.15, -0.1) is 5.53 Å². The third-order valence-corrected chi connectivity index (χ3v) is 6.39. The van der Waals surface area contributed by atoms with E-state index in [2.05, 4.69) is 10.9 Å². The van der Waals surface area contributed by atoms with Crippen molar-refractivity contribution in [1.29, 1.82) is 0 Å². The minimum atomic E-state index is -1.37. The molecule has 2 aliphatic heterocycles. The zero-order valence-electron chi connectivity index (χ0n) is 19.0. The molecule has 0 spiro atoms. The Balaban J connectivity index is 1.34. The number of anilines is 1. The largest absolute Gasteiger partial charge is 0.421 e. The monoisotopic (exact) mass is 479 g/mol. The Labute approximate surface area is 205 Å². The van der Waals surface area contributed by atoms with Crippen molar-refractivity contribution < 1.29 is 14.0 Å². The van der Waals surface area contributed by atoms with Crippen LogP contribution >= 0.6 is 0 Å². The minimum absolute atomic E-state index is 0.00722. The van der Waals surface area contributed by atoms with Crippen LogP contribution in [0.3, 0.4) is 0 Å². The second-order valence-corrected chi connectivity index (χ2v) is 8.47. The van der Waals surface area contributed by atoms with Crippen LogP contribution in [0.4, 0.5) is 10.5 Å². The van der Waals surface area contributed by atoms with Crippen molar-refractivity contribution >= 4 is 28.6 Å². The molecule has 0 radical (unpaired) electrons. The standard InChI is InChI=1S/C27H21N5O4/c33-24-22(17-19-9-7-8-14-23(19)36-24)32-16-15-30(29-32)18-31-26(35)28-25(34)27(31,20-10-3-1-4-11-20)21-12-5-2-6-13-21/h1-17,29H,18H2,(H,28,34,35). The number of benzene rings is 3. The van der Waals surface area contributed by atoms with E-state index in [-0.39, 0.29) is 12.4 Å². The molecule has 0 unspecified atom stereocenters. The highest BCUT2D eigenvalue weighted by molar-refractivity contribution is 6.09. The number of amides is 3. The first-order valence-electron chi connectivity index (χ1n) is 11.3. The molecule has 9 nitrogen and oxygen atoms in total. The van der Waals surface area contributed by atoms with Gasteiger partial charge in [0.2, 0.25) is 0 Å². The molecule has 3 aromatic carbocycles. The van der Waals surface area contributed by atoms with Crippen LogP contribution in [0.2, 0.25) is 0 Å². The summed E-state index contributed by atoms with van der Waals surface area (Å²) >= 11 is 0. The third kappa shape index (κ3) is 3.33. The Kier molecular flexibility index (Phi) is 5.05. The maximum atomic E-state index is 13.5. The van der Waals surface area contributed by atoms with E-state index in [1.165, 1.54) is 9.91 Å². The summed E-state index contributed by atoms with van der Waals surface area (Å²) in [6, 6.07) is 26.8. The molecular formula is C27H21N5O4. The molecule has 36 heavy (non-hydrogen) atoms. The molecule has 178 valence electrons. The van der Waals surface area contributed by atoms with Crippen LogP contribution in [-0.2, 0) is 10.3 Å². The average molecular weight is 479 g/mol. The number of para-hydroxylation sites is 1. The van der Waals surface area contributed by atoms with E-state index in [9.17, 15) is 14.4 Å². The van der Waals surface area contributed by atoms with Crippen LogP contribution in [0.15, 0.2) is 113 Å². The number of urea groups is 1. The van der Waals surface area contributed by atoms with Gasteiger partial charge >= 0.3 is 11.7 Å². The van der Waals surface area contributed by atoms with Gasteiger partial charge in [-0.05, 0) is 23.3 Å². The molecule has 2 N–H and O–H groups in total.